The number of hydrogen-bond donors (Lipinski definition) is 0. The van der Waals surface area contributed by atoms with Crippen LogP contribution in [0.5, 0.6) is 0 Å². The van der Waals surface area contributed by atoms with Crippen molar-refractivity contribution in [2.45, 2.75) is 13.1 Å². The van der Waals surface area contributed by atoms with Crippen LogP contribution >= 0.6 is 0 Å². The van der Waals surface area contributed by atoms with Crippen LogP contribution in [0.15, 0.2) is 48.5 Å². The SMILES string of the molecule is CN1CCN(C(=O)c2ccc(CN3CCN(Cc4ccc(F)cc4)C(=O)C3=O)cc2)CC1. The molecule has 0 bridgehead atoms. The van der Waals surface area contributed by atoms with E-state index in [9.17, 15) is 18.8 Å². The van der Waals surface area contributed by atoms with Gasteiger partial charge in [-0.2, -0.15) is 0 Å². The quantitative estimate of drug-likeness (QED) is 0.665. The molecule has 0 aromatic heterocycles. The van der Waals surface area contributed by atoms with Crippen LogP contribution in [0.2, 0.25) is 0 Å². The van der Waals surface area contributed by atoms with Gasteiger partial charge in [0.25, 0.3) is 5.91 Å². The highest BCUT2D eigenvalue weighted by Gasteiger charge is 2.32. The largest absolute Gasteiger partial charge is 0.336 e. The van der Waals surface area contributed by atoms with Crippen molar-refractivity contribution in [3.8, 4) is 0 Å². The van der Waals surface area contributed by atoms with Gasteiger partial charge in [0.1, 0.15) is 5.82 Å². The molecule has 0 atom stereocenters. The van der Waals surface area contributed by atoms with Gasteiger partial charge in [0, 0.05) is 57.9 Å². The first-order valence-electron chi connectivity index (χ1n) is 10.8. The predicted molar refractivity (Wildman–Crippen MR) is 117 cm³/mol. The van der Waals surface area contributed by atoms with Gasteiger partial charge in [0.05, 0.1) is 0 Å². The molecule has 0 spiro atoms. The molecule has 0 N–H and O–H groups in total. The average Bonchev–Trinajstić information content (AvgIpc) is 2.81. The second kappa shape index (κ2) is 9.48. The summed E-state index contributed by atoms with van der Waals surface area (Å²) in [5, 5.41) is 0. The summed E-state index contributed by atoms with van der Waals surface area (Å²) in [6, 6.07) is 13.2. The molecule has 0 unspecified atom stereocenters. The lowest BCUT2D eigenvalue weighted by atomic mass is 10.1. The Balaban J connectivity index is 1.33. The minimum atomic E-state index is -0.553. The van der Waals surface area contributed by atoms with Crippen molar-refractivity contribution in [3.05, 3.63) is 71.0 Å². The van der Waals surface area contributed by atoms with Gasteiger partial charge < -0.3 is 19.6 Å². The van der Waals surface area contributed by atoms with Crippen LogP contribution in [0, 0.1) is 5.82 Å². The molecule has 2 aliphatic heterocycles. The summed E-state index contributed by atoms with van der Waals surface area (Å²) in [5.41, 5.74) is 2.28. The highest BCUT2D eigenvalue weighted by atomic mass is 19.1. The van der Waals surface area contributed by atoms with Gasteiger partial charge in [0.2, 0.25) is 0 Å². The minimum absolute atomic E-state index is 0.0188. The second-order valence-corrected chi connectivity index (χ2v) is 8.37. The molecular weight excluding hydrogens is 411 g/mol. The smallest absolute Gasteiger partial charge is 0.312 e. The van der Waals surface area contributed by atoms with Gasteiger partial charge in [-0.3, -0.25) is 14.4 Å². The molecule has 4 rings (SSSR count). The molecule has 2 aromatic rings. The van der Waals surface area contributed by atoms with Gasteiger partial charge in [-0.1, -0.05) is 24.3 Å². The van der Waals surface area contributed by atoms with E-state index in [4.69, 9.17) is 0 Å². The van der Waals surface area contributed by atoms with Gasteiger partial charge in [-0.25, -0.2) is 4.39 Å². The monoisotopic (exact) mass is 438 g/mol. The fourth-order valence-electron chi connectivity index (χ4n) is 3.99. The molecule has 2 aliphatic rings. The summed E-state index contributed by atoms with van der Waals surface area (Å²) < 4.78 is 13.1. The molecule has 32 heavy (non-hydrogen) atoms. The Morgan fingerprint density at radius 2 is 1.22 bits per heavy atom. The van der Waals surface area contributed by atoms with Gasteiger partial charge in [-0.15, -0.1) is 0 Å². The van der Waals surface area contributed by atoms with E-state index in [1.165, 1.54) is 21.9 Å². The number of halogens is 1. The number of nitrogens with zero attached hydrogens (tertiary/aromatic N) is 4. The lowest BCUT2D eigenvalue weighted by Crippen LogP contribution is -2.53. The molecule has 7 nitrogen and oxygen atoms in total. The predicted octanol–water partition coefficient (Wildman–Crippen LogP) is 1.58. The molecule has 0 saturated carbocycles. The Morgan fingerprint density at radius 1 is 0.750 bits per heavy atom. The van der Waals surface area contributed by atoms with E-state index >= 15 is 0 Å². The van der Waals surface area contributed by atoms with Crippen molar-refractivity contribution in [2.24, 2.45) is 0 Å². The van der Waals surface area contributed by atoms with Crippen LogP contribution in [0.4, 0.5) is 4.39 Å². The maximum absolute atomic E-state index is 13.1. The summed E-state index contributed by atoms with van der Waals surface area (Å²) in [7, 11) is 2.05. The Kier molecular flexibility index (Phi) is 6.50. The zero-order chi connectivity index (χ0) is 22.7. The normalized spacial score (nSPS) is 17.8. The Labute approximate surface area is 187 Å². The van der Waals surface area contributed by atoms with Crippen LogP contribution < -0.4 is 0 Å². The topological polar surface area (TPSA) is 64.2 Å². The van der Waals surface area contributed by atoms with Crippen LogP contribution in [-0.2, 0) is 22.7 Å². The highest BCUT2D eigenvalue weighted by Crippen LogP contribution is 2.16. The van der Waals surface area contributed by atoms with E-state index in [2.05, 4.69) is 4.90 Å². The number of carbonyl (C=O) groups excluding carboxylic acids is 3. The lowest BCUT2D eigenvalue weighted by molar-refractivity contribution is -0.156. The van der Waals surface area contributed by atoms with Crippen molar-refractivity contribution >= 4 is 17.7 Å². The Hall–Kier alpha value is -3.26. The van der Waals surface area contributed by atoms with E-state index in [1.807, 2.05) is 24.1 Å². The number of carbonyl (C=O) groups is 3. The number of amides is 3. The molecule has 0 radical (unpaired) electrons. The van der Waals surface area contributed by atoms with Crippen molar-refractivity contribution in [1.82, 2.24) is 19.6 Å². The van der Waals surface area contributed by atoms with E-state index < -0.39 is 11.8 Å². The maximum Gasteiger partial charge on any atom is 0.312 e. The van der Waals surface area contributed by atoms with E-state index in [0.29, 0.717) is 25.2 Å². The molecule has 8 heteroatoms. The van der Waals surface area contributed by atoms with Crippen molar-refractivity contribution < 1.29 is 18.8 Å². The molecule has 2 fully saturated rings. The first kappa shape index (κ1) is 22.0. The summed E-state index contributed by atoms with van der Waals surface area (Å²) >= 11 is 0. The molecule has 2 saturated heterocycles. The molecule has 3 amide bonds. The van der Waals surface area contributed by atoms with E-state index in [-0.39, 0.29) is 18.3 Å². The second-order valence-electron chi connectivity index (χ2n) is 8.37. The third-order valence-electron chi connectivity index (χ3n) is 6.05. The zero-order valence-electron chi connectivity index (χ0n) is 18.2. The van der Waals surface area contributed by atoms with Crippen molar-refractivity contribution in [2.75, 3.05) is 46.3 Å². The summed E-state index contributed by atoms with van der Waals surface area (Å²) in [5.74, 6) is -1.42. The van der Waals surface area contributed by atoms with Gasteiger partial charge in [0.15, 0.2) is 0 Å². The average molecular weight is 439 g/mol. The van der Waals surface area contributed by atoms with Crippen LogP contribution in [0.1, 0.15) is 21.5 Å². The van der Waals surface area contributed by atoms with Gasteiger partial charge in [-0.05, 0) is 42.4 Å². The van der Waals surface area contributed by atoms with Crippen molar-refractivity contribution in [3.63, 3.8) is 0 Å². The fourth-order valence-corrected chi connectivity index (χ4v) is 3.99. The fraction of sp³-hybridized carbons (Fsp3) is 0.375. The third-order valence-corrected chi connectivity index (χ3v) is 6.05. The number of piperazine rings is 2. The number of benzene rings is 2. The summed E-state index contributed by atoms with van der Waals surface area (Å²) in [6.07, 6.45) is 0. The molecule has 168 valence electrons. The van der Waals surface area contributed by atoms with E-state index in [1.54, 1.807) is 24.3 Å². The maximum atomic E-state index is 13.1. The Bertz CT molecular complexity index is 985. The number of likely N-dealkylation sites (N-methyl/N-ethyl adjacent to an activating group) is 1. The number of hydrogen-bond acceptors (Lipinski definition) is 4. The third kappa shape index (κ3) is 4.96. The summed E-state index contributed by atoms with van der Waals surface area (Å²) in [4.78, 5) is 44.9. The van der Waals surface area contributed by atoms with Crippen molar-refractivity contribution in [1.29, 1.82) is 0 Å². The molecular formula is C24H27FN4O3. The van der Waals surface area contributed by atoms with Crippen LogP contribution in [0.25, 0.3) is 0 Å². The lowest BCUT2D eigenvalue weighted by Gasteiger charge is -2.34. The van der Waals surface area contributed by atoms with E-state index in [0.717, 1.165) is 37.3 Å². The molecule has 2 aromatic carbocycles. The molecule has 0 aliphatic carbocycles. The number of rotatable bonds is 5. The zero-order valence-corrected chi connectivity index (χ0v) is 18.2. The molecule has 2 heterocycles. The summed E-state index contributed by atoms with van der Waals surface area (Å²) in [6.45, 7) is 4.61. The van der Waals surface area contributed by atoms with Gasteiger partial charge >= 0.3 is 11.8 Å². The first-order chi connectivity index (χ1) is 15.4. The Morgan fingerprint density at radius 3 is 1.72 bits per heavy atom. The highest BCUT2D eigenvalue weighted by molar-refractivity contribution is 6.35. The standard InChI is InChI=1S/C24H27FN4O3/c1-26-10-12-27(13-11-26)22(30)20-6-2-18(3-7-20)16-28-14-15-29(24(32)23(28)31)17-19-4-8-21(25)9-5-19/h2-9H,10-17H2,1H3. The van der Waals surface area contributed by atoms with Crippen LogP contribution in [0.3, 0.4) is 0 Å². The minimum Gasteiger partial charge on any atom is -0.336 e. The first-order valence-corrected chi connectivity index (χ1v) is 10.8. The van der Waals surface area contributed by atoms with Crippen LogP contribution in [-0.4, -0.2) is 83.6 Å².